The molecule has 2 aromatic rings. The van der Waals surface area contributed by atoms with E-state index in [2.05, 4.69) is 37.9 Å². The maximum atomic E-state index is 5.91. The molecule has 0 aliphatic carbocycles. The number of hydrogen-bond donors (Lipinski definition) is 1. The van der Waals surface area contributed by atoms with Crippen LogP contribution in [0.15, 0.2) is 30.6 Å². The predicted octanol–water partition coefficient (Wildman–Crippen LogP) is 3.49. The number of ether oxygens (including phenoxy) is 1. The molecule has 0 radical (unpaired) electrons. The summed E-state index contributed by atoms with van der Waals surface area (Å²) in [6.45, 7) is 0. The lowest BCUT2D eigenvalue weighted by Gasteiger charge is -2.10. The third-order valence-electron chi connectivity index (χ3n) is 2.05. The van der Waals surface area contributed by atoms with Gasteiger partial charge in [-0.25, -0.2) is 9.97 Å². The molecule has 0 fully saturated rings. The van der Waals surface area contributed by atoms with Crippen LogP contribution in [-0.4, -0.2) is 17.1 Å². The maximum Gasteiger partial charge on any atom is 0.199 e. The van der Waals surface area contributed by atoms with Gasteiger partial charge in [-0.05, 0) is 40.8 Å². The minimum atomic E-state index is 0.288. The van der Waals surface area contributed by atoms with Gasteiger partial charge in [-0.3, -0.25) is 0 Å². The number of hydrogen-bond acceptors (Lipinski definition) is 4. The van der Waals surface area contributed by atoms with E-state index in [0.29, 0.717) is 11.6 Å². The Balaban J connectivity index is 2.33. The highest BCUT2D eigenvalue weighted by atomic mass is 127. The Hall–Kier alpha value is -1.08. The third kappa shape index (κ3) is 2.98. The van der Waals surface area contributed by atoms with Crippen molar-refractivity contribution in [1.29, 1.82) is 0 Å². The highest BCUT2D eigenvalue weighted by Gasteiger charge is 2.10. The molecule has 2 rings (SSSR count). The standard InChI is InChI=1S/C11H9ClIN3O/c1-17-9-10(12)14-6-15-11(9)16-8-4-2-3-7(13)5-8/h2-6H,1H3,(H,14,15,16). The van der Waals surface area contributed by atoms with E-state index in [4.69, 9.17) is 16.3 Å². The summed E-state index contributed by atoms with van der Waals surface area (Å²) in [7, 11) is 1.53. The van der Waals surface area contributed by atoms with Gasteiger partial charge in [0.2, 0.25) is 0 Å². The molecule has 17 heavy (non-hydrogen) atoms. The van der Waals surface area contributed by atoms with Crippen molar-refractivity contribution in [2.45, 2.75) is 0 Å². The first kappa shape index (κ1) is 12.4. The first-order chi connectivity index (χ1) is 8.20. The Morgan fingerprint density at radius 3 is 2.88 bits per heavy atom. The number of nitrogens with zero attached hydrogens (tertiary/aromatic N) is 2. The summed E-state index contributed by atoms with van der Waals surface area (Å²) in [5.74, 6) is 0.988. The summed E-state index contributed by atoms with van der Waals surface area (Å²) >= 11 is 8.15. The summed E-state index contributed by atoms with van der Waals surface area (Å²) in [4.78, 5) is 7.96. The summed E-state index contributed by atoms with van der Waals surface area (Å²) in [5.41, 5.74) is 0.921. The molecule has 0 aliphatic heterocycles. The summed E-state index contributed by atoms with van der Waals surface area (Å²) < 4.78 is 6.29. The van der Waals surface area contributed by atoms with Crippen molar-refractivity contribution in [3.63, 3.8) is 0 Å². The minimum Gasteiger partial charge on any atom is -0.490 e. The van der Waals surface area contributed by atoms with Gasteiger partial charge >= 0.3 is 0 Å². The molecule has 1 N–H and O–H groups in total. The van der Waals surface area contributed by atoms with Crippen molar-refractivity contribution >= 4 is 45.7 Å². The van der Waals surface area contributed by atoms with E-state index in [1.54, 1.807) is 0 Å². The highest BCUT2D eigenvalue weighted by molar-refractivity contribution is 14.1. The molecule has 0 saturated carbocycles. The number of anilines is 2. The van der Waals surface area contributed by atoms with Crippen molar-refractivity contribution in [2.24, 2.45) is 0 Å². The van der Waals surface area contributed by atoms with Gasteiger partial charge in [0.15, 0.2) is 16.7 Å². The molecule has 88 valence electrons. The number of rotatable bonds is 3. The Morgan fingerprint density at radius 1 is 1.35 bits per heavy atom. The molecule has 0 bridgehead atoms. The molecule has 4 nitrogen and oxygen atoms in total. The molecule has 0 saturated heterocycles. The van der Waals surface area contributed by atoms with Gasteiger partial charge in [0.05, 0.1) is 7.11 Å². The number of methoxy groups -OCH3 is 1. The number of benzene rings is 1. The van der Waals surface area contributed by atoms with Crippen molar-refractivity contribution < 1.29 is 4.74 Å². The van der Waals surface area contributed by atoms with Gasteiger partial charge in [-0.1, -0.05) is 17.7 Å². The monoisotopic (exact) mass is 361 g/mol. The molecule has 1 heterocycles. The average Bonchev–Trinajstić information content (AvgIpc) is 2.29. The number of halogens is 2. The summed E-state index contributed by atoms with van der Waals surface area (Å²) in [5, 5.41) is 3.43. The largest absolute Gasteiger partial charge is 0.490 e. The van der Waals surface area contributed by atoms with Crippen LogP contribution in [0.3, 0.4) is 0 Å². The fourth-order valence-electron chi connectivity index (χ4n) is 1.33. The van der Waals surface area contributed by atoms with Crippen molar-refractivity contribution in [3.05, 3.63) is 39.3 Å². The quantitative estimate of drug-likeness (QED) is 0.671. The van der Waals surface area contributed by atoms with Crippen molar-refractivity contribution in [2.75, 3.05) is 12.4 Å². The zero-order chi connectivity index (χ0) is 12.3. The lowest BCUT2D eigenvalue weighted by atomic mass is 10.3. The van der Waals surface area contributed by atoms with E-state index in [1.165, 1.54) is 13.4 Å². The Bertz CT molecular complexity index is 536. The zero-order valence-electron chi connectivity index (χ0n) is 8.95. The number of nitrogens with one attached hydrogen (secondary N) is 1. The molecule has 6 heteroatoms. The van der Waals surface area contributed by atoms with Crippen LogP contribution in [0, 0.1) is 3.57 Å². The molecule has 0 spiro atoms. The topological polar surface area (TPSA) is 47.0 Å². The Kier molecular flexibility index (Phi) is 4.01. The Labute approximate surface area is 118 Å². The van der Waals surface area contributed by atoms with E-state index in [-0.39, 0.29) is 5.15 Å². The highest BCUT2D eigenvalue weighted by Crippen LogP contribution is 2.30. The van der Waals surface area contributed by atoms with Crippen LogP contribution in [0.2, 0.25) is 5.15 Å². The molecule has 1 aromatic heterocycles. The lowest BCUT2D eigenvalue weighted by Crippen LogP contribution is -1.99. The summed E-state index contributed by atoms with van der Waals surface area (Å²) in [6, 6.07) is 7.91. The van der Waals surface area contributed by atoms with Crippen LogP contribution in [-0.2, 0) is 0 Å². The van der Waals surface area contributed by atoms with Crippen molar-refractivity contribution in [1.82, 2.24) is 9.97 Å². The van der Waals surface area contributed by atoms with E-state index < -0.39 is 0 Å². The van der Waals surface area contributed by atoms with Gasteiger partial charge in [-0.2, -0.15) is 0 Å². The van der Waals surface area contributed by atoms with Crippen LogP contribution in [0.5, 0.6) is 5.75 Å². The molecule has 1 aromatic carbocycles. The summed E-state index contributed by atoms with van der Waals surface area (Å²) in [6.07, 6.45) is 1.39. The van der Waals surface area contributed by atoms with E-state index >= 15 is 0 Å². The van der Waals surface area contributed by atoms with Crippen LogP contribution >= 0.6 is 34.2 Å². The van der Waals surface area contributed by atoms with Crippen LogP contribution in [0.1, 0.15) is 0 Å². The van der Waals surface area contributed by atoms with Crippen molar-refractivity contribution in [3.8, 4) is 5.75 Å². The molecular weight excluding hydrogens is 352 g/mol. The third-order valence-corrected chi connectivity index (χ3v) is 2.99. The average molecular weight is 362 g/mol. The predicted molar refractivity (Wildman–Crippen MR) is 76.0 cm³/mol. The van der Waals surface area contributed by atoms with Gasteiger partial charge < -0.3 is 10.1 Å². The van der Waals surface area contributed by atoms with Gasteiger partial charge in [-0.15, -0.1) is 0 Å². The molecule has 0 unspecified atom stereocenters. The van der Waals surface area contributed by atoms with E-state index in [1.807, 2.05) is 24.3 Å². The maximum absolute atomic E-state index is 5.91. The molecule has 0 aliphatic rings. The van der Waals surface area contributed by atoms with Gasteiger partial charge in [0, 0.05) is 9.26 Å². The normalized spacial score (nSPS) is 10.1. The van der Waals surface area contributed by atoms with Crippen LogP contribution in [0.25, 0.3) is 0 Å². The second-order valence-electron chi connectivity index (χ2n) is 3.18. The van der Waals surface area contributed by atoms with Gasteiger partial charge in [0.25, 0.3) is 0 Å². The number of aromatic nitrogens is 2. The lowest BCUT2D eigenvalue weighted by molar-refractivity contribution is 0.413. The molecule has 0 amide bonds. The second-order valence-corrected chi connectivity index (χ2v) is 4.79. The molecular formula is C11H9ClIN3O. The zero-order valence-corrected chi connectivity index (χ0v) is 11.9. The first-order valence-electron chi connectivity index (χ1n) is 4.78. The fraction of sp³-hybridized carbons (Fsp3) is 0.0909. The SMILES string of the molecule is COc1c(Cl)ncnc1Nc1cccc(I)c1. The Morgan fingerprint density at radius 2 is 2.18 bits per heavy atom. The minimum absolute atomic E-state index is 0.288. The van der Waals surface area contributed by atoms with E-state index in [0.717, 1.165) is 9.26 Å². The molecule has 0 atom stereocenters. The van der Waals surface area contributed by atoms with Crippen LogP contribution in [0.4, 0.5) is 11.5 Å². The van der Waals surface area contributed by atoms with Crippen LogP contribution < -0.4 is 10.1 Å². The second kappa shape index (κ2) is 5.50. The first-order valence-corrected chi connectivity index (χ1v) is 6.23. The smallest absolute Gasteiger partial charge is 0.199 e. The van der Waals surface area contributed by atoms with E-state index in [9.17, 15) is 0 Å². The van der Waals surface area contributed by atoms with Gasteiger partial charge in [0.1, 0.15) is 6.33 Å². The fourth-order valence-corrected chi connectivity index (χ4v) is 2.08.